The lowest BCUT2D eigenvalue weighted by atomic mass is 10.1. The molecule has 0 spiro atoms. The number of anilines is 2. The van der Waals surface area contributed by atoms with E-state index in [0.29, 0.717) is 11.4 Å². The number of benzene rings is 2. The average molecular weight is 365 g/mol. The van der Waals surface area contributed by atoms with Crippen LogP contribution in [0.25, 0.3) is 6.08 Å². The second kappa shape index (κ2) is 8.80. The number of aryl methyl sites for hydroxylation is 1. The van der Waals surface area contributed by atoms with Gasteiger partial charge in [0, 0.05) is 32.3 Å². The molecule has 2 N–H and O–H groups in total. The number of nitrogens with zero attached hydrogens (tertiary/aromatic N) is 1. The molecule has 140 valence electrons. The van der Waals surface area contributed by atoms with Gasteiger partial charge in [0.2, 0.25) is 11.8 Å². The van der Waals surface area contributed by atoms with E-state index < -0.39 is 5.91 Å². The van der Waals surface area contributed by atoms with E-state index in [1.54, 1.807) is 37.4 Å². The first-order valence-electron chi connectivity index (χ1n) is 8.48. The summed E-state index contributed by atoms with van der Waals surface area (Å²) in [7, 11) is 1.66. The fourth-order valence-electron chi connectivity index (χ4n) is 2.42. The van der Waals surface area contributed by atoms with E-state index in [4.69, 9.17) is 0 Å². The Morgan fingerprint density at radius 1 is 1.00 bits per heavy atom. The monoisotopic (exact) mass is 365 g/mol. The summed E-state index contributed by atoms with van der Waals surface area (Å²) in [6.07, 6.45) is 1.64. The zero-order valence-electron chi connectivity index (χ0n) is 15.9. The normalized spacial score (nSPS) is 10.9. The van der Waals surface area contributed by atoms with Crippen molar-refractivity contribution >= 4 is 35.2 Å². The minimum atomic E-state index is -0.448. The number of carbonyl (C=O) groups excluding carboxylic acids is 3. The SMILES string of the molecule is CC(=O)N/C(=C\c1ccccc1C)C(=O)Nc1cccc(N(C)C(C)=O)c1. The lowest BCUT2D eigenvalue weighted by Gasteiger charge is -2.16. The highest BCUT2D eigenvalue weighted by molar-refractivity contribution is 6.08. The molecule has 0 aliphatic rings. The van der Waals surface area contributed by atoms with E-state index in [0.717, 1.165) is 11.1 Å². The van der Waals surface area contributed by atoms with Crippen LogP contribution < -0.4 is 15.5 Å². The Hall–Kier alpha value is -3.41. The summed E-state index contributed by atoms with van der Waals surface area (Å²) in [6, 6.07) is 14.5. The van der Waals surface area contributed by atoms with E-state index >= 15 is 0 Å². The molecule has 0 saturated heterocycles. The Kier molecular flexibility index (Phi) is 6.49. The Balaban J connectivity index is 2.29. The molecule has 6 nitrogen and oxygen atoms in total. The molecule has 2 aromatic rings. The molecule has 0 aliphatic carbocycles. The summed E-state index contributed by atoms with van der Waals surface area (Å²) < 4.78 is 0. The number of amides is 3. The molecule has 0 saturated carbocycles. The second-order valence-corrected chi connectivity index (χ2v) is 6.18. The van der Waals surface area contributed by atoms with Gasteiger partial charge in [0.05, 0.1) is 0 Å². The van der Waals surface area contributed by atoms with Crippen LogP contribution in [0.15, 0.2) is 54.2 Å². The molecular formula is C21H23N3O3. The Labute approximate surface area is 158 Å². The fraction of sp³-hybridized carbons (Fsp3) is 0.190. The van der Waals surface area contributed by atoms with Crippen molar-refractivity contribution in [2.24, 2.45) is 0 Å². The predicted octanol–water partition coefficient (Wildman–Crippen LogP) is 3.09. The smallest absolute Gasteiger partial charge is 0.272 e. The first kappa shape index (κ1) is 19.9. The number of hydrogen-bond acceptors (Lipinski definition) is 3. The van der Waals surface area contributed by atoms with Gasteiger partial charge in [-0.25, -0.2) is 0 Å². The molecule has 3 amide bonds. The Morgan fingerprint density at radius 2 is 1.70 bits per heavy atom. The highest BCUT2D eigenvalue weighted by Crippen LogP contribution is 2.19. The molecule has 0 fully saturated rings. The van der Waals surface area contributed by atoms with Crippen molar-refractivity contribution in [2.45, 2.75) is 20.8 Å². The van der Waals surface area contributed by atoms with Crippen LogP contribution in [0.4, 0.5) is 11.4 Å². The van der Waals surface area contributed by atoms with Gasteiger partial charge in [-0.05, 0) is 42.3 Å². The predicted molar refractivity (Wildman–Crippen MR) is 107 cm³/mol. The van der Waals surface area contributed by atoms with Crippen LogP contribution in [0.2, 0.25) is 0 Å². The van der Waals surface area contributed by atoms with Gasteiger partial charge in [-0.3, -0.25) is 14.4 Å². The van der Waals surface area contributed by atoms with E-state index in [1.165, 1.54) is 18.7 Å². The molecule has 0 radical (unpaired) electrons. The van der Waals surface area contributed by atoms with E-state index in [2.05, 4.69) is 10.6 Å². The third kappa shape index (κ3) is 5.54. The zero-order chi connectivity index (χ0) is 20.0. The molecule has 0 atom stereocenters. The maximum absolute atomic E-state index is 12.7. The third-order valence-corrected chi connectivity index (χ3v) is 4.01. The third-order valence-electron chi connectivity index (χ3n) is 4.01. The van der Waals surface area contributed by atoms with E-state index in [-0.39, 0.29) is 17.5 Å². The largest absolute Gasteiger partial charge is 0.322 e. The van der Waals surface area contributed by atoms with Crippen molar-refractivity contribution in [3.05, 3.63) is 65.4 Å². The first-order chi connectivity index (χ1) is 12.8. The molecule has 6 heteroatoms. The number of carbonyl (C=O) groups is 3. The van der Waals surface area contributed by atoms with Crippen molar-refractivity contribution < 1.29 is 14.4 Å². The van der Waals surface area contributed by atoms with Crippen LogP contribution >= 0.6 is 0 Å². The lowest BCUT2D eigenvalue weighted by Crippen LogP contribution is -2.29. The van der Waals surface area contributed by atoms with Crippen molar-refractivity contribution in [3.63, 3.8) is 0 Å². The quantitative estimate of drug-likeness (QED) is 0.799. The average Bonchev–Trinajstić information content (AvgIpc) is 2.62. The van der Waals surface area contributed by atoms with Gasteiger partial charge in [-0.15, -0.1) is 0 Å². The van der Waals surface area contributed by atoms with Gasteiger partial charge in [0.15, 0.2) is 0 Å². The molecule has 0 aliphatic heterocycles. The highest BCUT2D eigenvalue weighted by atomic mass is 16.2. The van der Waals surface area contributed by atoms with E-state index in [1.807, 2.05) is 31.2 Å². The summed E-state index contributed by atoms with van der Waals surface area (Å²) >= 11 is 0. The molecule has 0 bridgehead atoms. The molecular weight excluding hydrogens is 342 g/mol. The van der Waals surface area contributed by atoms with Crippen molar-refractivity contribution in [3.8, 4) is 0 Å². The van der Waals surface area contributed by atoms with Crippen LogP contribution in [0.3, 0.4) is 0 Å². The van der Waals surface area contributed by atoms with Gasteiger partial charge in [0.1, 0.15) is 5.70 Å². The van der Waals surface area contributed by atoms with Crippen LogP contribution in [0, 0.1) is 6.92 Å². The van der Waals surface area contributed by atoms with Crippen LogP contribution in [0.1, 0.15) is 25.0 Å². The second-order valence-electron chi connectivity index (χ2n) is 6.18. The Bertz CT molecular complexity index is 903. The molecule has 27 heavy (non-hydrogen) atoms. The van der Waals surface area contributed by atoms with E-state index in [9.17, 15) is 14.4 Å². The minimum Gasteiger partial charge on any atom is -0.322 e. The number of rotatable bonds is 5. The highest BCUT2D eigenvalue weighted by Gasteiger charge is 2.13. The Morgan fingerprint density at radius 3 is 2.33 bits per heavy atom. The molecule has 0 heterocycles. The zero-order valence-corrected chi connectivity index (χ0v) is 15.9. The lowest BCUT2D eigenvalue weighted by molar-refractivity contribution is -0.120. The molecule has 2 rings (SSSR count). The van der Waals surface area contributed by atoms with Gasteiger partial charge in [-0.2, -0.15) is 0 Å². The standard InChI is InChI=1S/C21H23N3O3/c1-14-8-5-6-9-17(14)12-20(22-15(2)25)21(27)23-18-10-7-11-19(13-18)24(4)16(3)26/h5-13H,1-4H3,(H,22,25)(H,23,27)/b20-12-. The van der Waals surface area contributed by atoms with Crippen molar-refractivity contribution in [1.82, 2.24) is 5.32 Å². The number of nitrogens with one attached hydrogen (secondary N) is 2. The minimum absolute atomic E-state index is 0.114. The summed E-state index contributed by atoms with van der Waals surface area (Å²) in [6.45, 7) is 4.74. The van der Waals surface area contributed by atoms with Gasteiger partial charge >= 0.3 is 0 Å². The maximum Gasteiger partial charge on any atom is 0.272 e. The first-order valence-corrected chi connectivity index (χ1v) is 8.48. The van der Waals surface area contributed by atoms with Gasteiger partial charge < -0.3 is 15.5 Å². The molecule has 0 aromatic heterocycles. The molecule has 2 aromatic carbocycles. The molecule has 0 unspecified atom stereocenters. The van der Waals surface area contributed by atoms with Gasteiger partial charge in [0.25, 0.3) is 5.91 Å². The maximum atomic E-state index is 12.7. The topological polar surface area (TPSA) is 78.5 Å². The van der Waals surface area contributed by atoms with Crippen molar-refractivity contribution in [2.75, 3.05) is 17.3 Å². The summed E-state index contributed by atoms with van der Waals surface area (Å²) in [5, 5.41) is 5.34. The number of hydrogen-bond donors (Lipinski definition) is 2. The van der Waals surface area contributed by atoms with Gasteiger partial charge in [-0.1, -0.05) is 30.3 Å². The summed E-state index contributed by atoms with van der Waals surface area (Å²) in [5.41, 5.74) is 3.14. The van der Waals surface area contributed by atoms with Crippen LogP contribution in [-0.4, -0.2) is 24.8 Å². The summed E-state index contributed by atoms with van der Waals surface area (Å²) in [4.78, 5) is 37.2. The van der Waals surface area contributed by atoms with Crippen molar-refractivity contribution in [1.29, 1.82) is 0 Å². The van der Waals surface area contributed by atoms with Crippen LogP contribution in [0.5, 0.6) is 0 Å². The van der Waals surface area contributed by atoms with Crippen LogP contribution in [-0.2, 0) is 14.4 Å². The summed E-state index contributed by atoms with van der Waals surface area (Å²) in [5.74, 6) is -0.900. The fourth-order valence-corrected chi connectivity index (χ4v) is 2.42.